The van der Waals surface area contributed by atoms with Gasteiger partial charge >= 0.3 is 0 Å². The first-order valence-corrected chi connectivity index (χ1v) is 6.84. The van der Waals surface area contributed by atoms with Crippen LogP contribution >= 0.6 is 11.8 Å². The normalized spacial score (nSPS) is 9.11. The molecular formula is C17H25NS. The number of hydrogen-bond acceptors (Lipinski definition) is 2. The molecular weight excluding hydrogens is 250 g/mol. The van der Waals surface area contributed by atoms with E-state index in [0.717, 1.165) is 4.91 Å². The van der Waals surface area contributed by atoms with E-state index in [9.17, 15) is 0 Å². The highest BCUT2D eigenvalue weighted by atomic mass is 32.2. The van der Waals surface area contributed by atoms with Crippen molar-refractivity contribution < 1.29 is 0 Å². The highest BCUT2D eigenvalue weighted by Gasteiger charge is 1.83. The van der Waals surface area contributed by atoms with Gasteiger partial charge in [-0.15, -0.1) is 18.3 Å². The monoisotopic (exact) mass is 275 g/mol. The molecule has 0 spiro atoms. The summed E-state index contributed by atoms with van der Waals surface area (Å²) >= 11 is 1.54. The maximum absolute atomic E-state index is 5.31. The predicted molar refractivity (Wildman–Crippen MR) is 91.9 cm³/mol. The first kappa shape index (κ1) is 19.7. The zero-order valence-electron chi connectivity index (χ0n) is 12.2. The zero-order chi connectivity index (χ0) is 15.1. The molecule has 0 saturated carbocycles. The first-order chi connectivity index (χ1) is 8.97. The van der Waals surface area contributed by atoms with Crippen molar-refractivity contribution in [1.29, 1.82) is 0 Å². The summed E-state index contributed by atoms with van der Waals surface area (Å²) in [5.74, 6) is 0. The molecule has 0 unspecified atom stereocenters. The molecule has 0 amide bonds. The van der Waals surface area contributed by atoms with Crippen molar-refractivity contribution in [2.24, 2.45) is 5.73 Å². The van der Waals surface area contributed by atoms with Gasteiger partial charge in [-0.05, 0) is 37.2 Å². The molecule has 0 aliphatic rings. The molecule has 1 nitrogen and oxygen atoms in total. The topological polar surface area (TPSA) is 26.0 Å². The number of hydrogen-bond donors (Lipinski definition) is 1. The van der Waals surface area contributed by atoms with Crippen LogP contribution in [0.15, 0.2) is 78.2 Å². The smallest absolute Gasteiger partial charge is 0.0248 e. The Morgan fingerprint density at radius 2 is 1.68 bits per heavy atom. The second-order valence-corrected chi connectivity index (χ2v) is 4.89. The van der Waals surface area contributed by atoms with E-state index in [1.807, 2.05) is 38.1 Å². The van der Waals surface area contributed by atoms with Gasteiger partial charge in [-0.3, -0.25) is 0 Å². The molecule has 1 aromatic carbocycles. The lowest BCUT2D eigenvalue weighted by Crippen LogP contribution is -1.88. The number of benzene rings is 1. The fourth-order valence-corrected chi connectivity index (χ4v) is 1.44. The second-order valence-electron chi connectivity index (χ2n) is 3.68. The maximum atomic E-state index is 5.31. The molecule has 1 rings (SSSR count). The van der Waals surface area contributed by atoms with Crippen molar-refractivity contribution in [1.82, 2.24) is 0 Å². The molecule has 0 aromatic heterocycles. The SMILES string of the molecule is C=CC.C=CS/C(C)=C\C(=C)N.Cc1ccccc1. The van der Waals surface area contributed by atoms with Gasteiger partial charge in [-0.2, -0.15) is 0 Å². The third kappa shape index (κ3) is 18.9. The van der Waals surface area contributed by atoms with Crippen LogP contribution in [0, 0.1) is 6.92 Å². The third-order valence-electron chi connectivity index (χ3n) is 1.60. The summed E-state index contributed by atoms with van der Waals surface area (Å²) in [6.45, 7) is 16.4. The molecule has 0 heterocycles. The summed E-state index contributed by atoms with van der Waals surface area (Å²) < 4.78 is 0. The van der Waals surface area contributed by atoms with Crippen LogP contribution in [0.25, 0.3) is 0 Å². The highest BCUT2D eigenvalue weighted by Crippen LogP contribution is 2.14. The summed E-state index contributed by atoms with van der Waals surface area (Å²) in [6, 6.07) is 10.3. The maximum Gasteiger partial charge on any atom is 0.0248 e. The largest absolute Gasteiger partial charge is 0.399 e. The van der Waals surface area contributed by atoms with Crippen molar-refractivity contribution in [2.45, 2.75) is 20.8 Å². The number of aryl methyl sites for hydroxylation is 1. The quantitative estimate of drug-likeness (QED) is 0.588. The first-order valence-electron chi connectivity index (χ1n) is 5.96. The molecule has 0 atom stereocenters. The average Bonchev–Trinajstić information content (AvgIpc) is 2.31. The fourth-order valence-electron chi connectivity index (χ4n) is 0.961. The molecule has 2 heteroatoms. The number of nitrogens with two attached hydrogens (primary N) is 1. The minimum absolute atomic E-state index is 0.585. The van der Waals surface area contributed by atoms with Crippen LogP contribution in [0.5, 0.6) is 0 Å². The van der Waals surface area contributed by atoms with Crippen LogP contribution in [0.3, 0.4) is 0 Å². The van der Waals surface area contributed by atoms with Crippen LogP contribution in [0.2, 0.25) is 0 Å². The van der Waals surface area contributed by atoms with E-state index in [1.165, 1.54) is 5.56 Å². The van der Waals surface area contributed by atoms with Crippen LogP contribution < -0.4 is 5.73 Å². The van der Waals surface area contributed by atoms with Crippen LogP contribution in [-0.4, -0.2) is 0 Å². The average molecular weight is 275 g/mol. The Morgan fingerprint density at radius 1 is 1.21 bits per heavy atom. The Bertz CT molecular complexity index is 391. The van der Waals surface area contributed by atoms with Crippen LogP contribution in [0.1, 0.15) is 19.4 Å². The summed E-state index contributed by atoms with van der Waals surface area (Å²) in [5, 5.41) is 1.76. The third-order valence-corrected chi connectivity index (χ3v) is 2.25. The predicted octanol–water partition coefficient (Wildman–Crippen LogP) is 5.43. The van der Waals surface area contributed by atoms with E-state index in [0.29, 0.717) is 5.70 Å². The second kappa shape index (κ2) is 14.4. The highest BCUT2D eigenvalue weighted by molar-refractivity contribution is 8.05. The van der Waals surface area contributed by atoms with Gasteiger partial charge in [0.25, 0.3) is 0 Å². The standard InChI is InChI=1S/C7H11NS.C7H8.C3H6/c1-4-9-7(3)5-6(2)8;1-7-5-3-2-4-6-7;1-3-2/h4-5H,1-2,8H2,3H3;2-6H,1H3;3H,1H2,2H3/b7-5-;;. The van der Waals surface area contributed by atoms with Gasteiger partial charge in [-0.25, -0.2) is 0 Å². The molecule has 0 aliphatic heterocycles. The van der Waals surface area contributed by atoms with E-state index >= 15 is 0 Å². The van der Waals surface area contributed by atoms with Gasteiger partial charge in [0.15, 0.2) is 0 Å². The van der Waals surface area contributed by atoms with Gasteiger partial charge in [0.2, 0.25) is 0 Å². The fraction of sp³-hybridized carbons (Fsp3) is 0.176. The molecule has 0 radical (unpaired) electrons. The number of rotatable bonds is 3. The van der Waals surface area contributed by atoms with Crippen molar-refractivity contribution in [3.63, 3.8) is 0 Å². The molecule has 2 N–H and O–H groups in total. The summed E-state index contributed by atoms with van der Waals surface area (Å²) in [4.78, 5) is 1.11. The van der Waals surface area contributed by atoms with Crippen molar-refractivity contribution in [3.8, 4) is 0 Å². The molecule has 0 aliphatic carbocycles. The van der Waals surface area contributed by atoms with Crippen LogP contribution in [0.4, 0.5) is 0 Å². The number of allylic oxidation sites excluding steroid dienone is 3. The minimum atomic E-state index is 0.585. The minimum Gasteiger partial charge on any atom is -0.399 e. The van der Waals surface area contributed by atoms with E-state index in [1.54, 1.807) is 23.2 Å². The number of thioether (sulfide) groups is 1. The molecule has 104 valence electrons. The van der Waals surface area contributed by atoms with Gasteiger partial charge < -0.3 is 5.73 Å². The summed E-state index contributed by atoms with van der Waals surface area (Å²) in [7, 11) is 0. The van der Waals surface area contributed by atoms with Crippen molar-refractivity contribution in [2.75, 3.05) is 0 Å². The molecule has 1 aromatic rings. The van der Waals surface area contributed by atoms with E-state index < -0.39 is 0 Å². The van der Waals surface area contributed by atoms with Gasteiger partial charge in [-0.1, -0.05) is 55.1 Å². The Labute approximate surface area is 122 Å². The van der Waals surface area contributed by atoms with Crippen molar-refractivity contribution in [3.05, 3.63) is 83.8 Å². The van der Waals surface area contributed by atoms with Crippen LogP contribution in [-0.2, 0) is 0 Å². The van der Waals surface area contributed by atoms with E-state index in [-0.39, 0.29) is 0 Å². The molecule has 19 heavy (non-hydrogen) atoms. The Balaban J connectivity index is 0. The van der Waals surface area contributed by atoms with Crippen molar-refractivity contribution >= 4 is 11.8 Å². The summed E-state index contributed by atoms with van der Waals surface area (Å²) in [5.41, 5.74) is 7.21. The van der Waals surface area contributed by atoms with Gasteiger partial charge in [0.05, 0.1) is 0 Å². The lowest BCUT2D eigenvalue weighted by atomic mass is 10.2. The van der Waals surface area contributed by atoms with Gasteiger partial charge in [0, 0.05) is 5.70 Å². The van der Waals surface area contributed by atoms with E-state index in [2.05, 4.69) is 38.8 Å². The van der Waals surface area contributed by atoms with Gasteiger partial charge in [0.1, 0.15) is 0 Å². The zero-order valence-corrected chi connectivity index (χ0v) is 13.0. The lowest BCUT2D eigenvalue weighted by molar-refractivity contribution is 1.43. The Morgan fingerprint density at radius 3 is 1.95 bits per heavy atom. The summed E-state index contributed by atoms with van der Waals surface area (Å²) in [6.07, 6.45) is 3.56. The Kier molecular flexibility index (Phi) is 14.9. The Hall–Kier alpha value is -1.67. The molecule has 0 fully saturated rings. The molecule has 0 bridgehead atoms. The molecule has 0 saturated heterocycles. The van der Waals surface area contributed by atoms with E-state index in [4.69, 9.17) is 5.73 Å². The lowest BCUT2D eigenvalue weighted by Gasteiger charge is -1.92.